The Morgan fingerprint density at radius 1 is 1.60 bits per heavy atom. The van der Waals surface area contributed by atoms with E-state index in [1.165, 1.54) is 6.20 Å². The maximum atomic E-state index is 12.4. The van der Waals surface area contributed by atoms with E-state index in [1.807, 2.05) is 20.9 Å². The van der Waals surface area contributed by atoms with Crippen LogP contribution in [0.15, 0.2) is 17.3 Å². The minimum Gasteiger partial charge on any atom is -0.376 e. The Hall–Kier alpha value is -0.960. The van der Waals surface area contributed by atoms with Gasteiger partial charge in [-0.15, -0.1) is 0 Å². The molecule has 1 aromatic rings. The van der Waals surface area contributed by atoms with Crippen molar-refractivity contribution in [1.82, 2.24) is 19.8 Å². The second kappa shape index (κ2) is 5.80. The Kier molecular flexibility index (Phi) is 4.48. The van der Waals surface area contributed by atoms with Crippen LogP contribution in [0.1, 0.15) is 20.3 Å². The predicted molar refractivity (Wildman–Crippen MR) is 74.9 cm³/mol. The highest BCUT2D eigenvalue weighted by molar-refractivity contribution is 7.89. The van der Waals surface area contributed by atoms with Crippen LogP contribution in [-0.2, 0) is 21.3 Å². The molecule has 2 heterocycles. The first-order chi connectivity index (χ1) is 9.37. The van der Waals surface area contributed by atoms with Gasteiger partial charge >= 0.3 is 0 Å². The lowest BCUT2D eigenvalue weighted by atomic mass is 9.97. The molecule has 7 nitrogen and oxygen atoms in total. The van der Waals surface area contributed by atoms with Crippen LogP contribution in [-0.4, -0.2) is 50.0 Å². The zero-order valence-electron chi connectivity index (χ0n) is 12.1. The van der Waals surface area contributed by atoms with Gasteiger partial charge in [-0.1, -0.05) is 0 Å². The quantitative estimate of drug-likeness (QED) is 0.769. The van der Waals surface area contributed by atoms with Crippen molar-refractivity contribution in [3.05, 3.63) is 12.4 Å². The first-order valence-corrected chi connectivity index (χ1v) is 8.18. The monoisotopic (exact) mass is 302 g/mol. The molecule has 2 rings (SSSR count). The van der Waals surface area contributed by atoms with E-state index < -0.39 is 15.6 Å². The Labute approximate surface area is 119 Å². The first-order valence-electron chi connectivity index (χ1n) is 6.70. The van der Waals surface area contributed by atoms with Crippen molar-refractivity contribution < 1.29 is 13.2 Å². The smallest absolute Gasteiger partial charge is 0.244 e. The molecule has 1 aliphatic heterocycles. The van der Waals surface area contributed by atoms with E-state index in [2.05, 4.69) is 15.1 Å². The van der Waals surface area contributed by atoms with Crippen LogP contribution in [0.25, 0.3) is 0 Å². The van der Waals surface area contributed by atoms with Crippen molar-refractivity contribution in [2.24, 2.45) is 0 Å². The molecule has 20 heavy (non-hydrogen) atoms. The van der Waals surface area contributed by atoms with Gasteiger partial charge in [0.15, 0.2) is 0 Å². The van der Waals surface area contributed by atoms with Gasteiger partial charge < -0.3 is 10.1 Å². The number of hydrogen-bond donors (Lipinski definition) is 2. The predicted octanol–water partition coefficient (Wildman–Crippen LogP) is -0.0517. The summed E-state index contributed by atoms with van der Waals surface area (Å²) < 4.78 is 34.6. The fourth-order valence-corrected chi connectivity index (χ4v) is 3.61. The number of nitrogens with one attached hydrogen (secondary N) is 2. The molecule has 2 atom stereocenters. The number of likely N-dealkylation sites (N-methyl/N-ethyl adjacent to an activating group) is 1. The molecule has 2 N–H and O–H groups in total. The van der Waals surface area contributed by atoms with Crippen molar-refractivity contribution in [3.8, 4) is 0 Å². The number of aromatic nitrogens is 2. The molecule has 0 aromatic carbocycles. The average Bonchev–Trinajstić information content (AvgIpc) is 2.95. The summed E-state index contributed by atoms with van der Waals surface area (Å²) in [6.07, 6.45) is 3.45. The number of ether oxygens (including phenoxy) is 1. The zero-order valence-corrected chi connectivity index (χ0v) is 12.9. The van der Waals surface area contributed by atoms with Gasteiger partial charge in [-0.25, -0.2) is 13.1 Å². The summed E-state index contributed by atoms with van der Waals surface area (Å²) in [4.78, 5) is 0.189. The average molecular weight is 302 g/mol. The topological polar surface area (TPSA) is 85.2 Å². The SMILES string of the molecule is CNCCn1cc(S(=O)(=O)NC2(C)CCOC2C)cn1. The molecular formula is C12H22N4O3S. The molecule has 0 aliphatic carbocycles. The van der Waals surface area contributed by atoms with Crippen LogP contribution < -0.4 is 10.0 Å². The van der Waals surface area contributed by atoms with E-state index in [0.29, 0.717) is 19.6 Å². The molecule has 1 fully saturated rings. The van der Waals surface area contributed by atoms with Crippen molar-refractivity contribution in [2.75, 3.05) is 20.2 Å². The standard InChI is InChI=1S/C12H22N4O3S/c1-10-12(2,4-7-19-10)15-20(17,18)11-8-14-16(9-11)6-5-13-3/h8-10,13,15H,4-7H2,1-3H3. The van der Waals surface area contributed by atoms with Crippen LogP contribution in [0, 0.1) is 0 Å². The maximum absolute atomic E-state index is 12.4. The Bertz CT molecular complexity index is 557. The lowest BCUT2D eigenvalue weighted by Gasteiger charge is -2.28. The van der Waals surface area contributed by atoms with E-state index >= 15 is 0 Å². The number of hydrogen-bond acceptors (Lipinski definition) is 5. The van der Waals surface area contributed by atoms with E-state index in [1.54, 1.807) is 10.9 Å². The van der Waals surface area contributed by atoms with Gasteiger partial charge in [0.1, 0.15) is 4.90 Å². The van der Waals surface area contributed by atoms with E-state index in [4.69, 9.17) is 4.74 Å². The molecule has 0 spiro atoms. The second-order valence-electron chi connectivity index (χ2n) is 5.33. The van der Waals surface area contributed by atoms with Crippen LogP contribution in [0.2, 0.25) is 0 Å². The lowest BCUT2D eigenvalue weighted by Crippen LogP contribution is -2.50. The van der Waals surface area contributed by atoms with E-state index in [-0.39, 0.29) is 11.0 Å². The molecule has 0 bridgehead atoms. The van der Waals surface area contributed by atoms with Crippen LogP contribution in [0.4, 0.5) is 0 Å². The van der Waals surface area contributed by atoms with E-state index in [9.17, 15) is 8.42 Å². The third-order valence-corrected chi connectivity index (χ3v) is 5.33. The van der Waals surface area contributed by atoms with E-state index in [0.717, 1.165) is 6.54 Å². The summed E-state index contributed by atoms with van der Waals surface area (Å²) in [6.45, 7) is 5.68. The second-order valence-corrected chi connectivity index (χ2v) is 7.01. The summed E-state index contributed by atoms with van der Waals surface area (Å²) in [5.41, 5.74) is -0.564. The third kappa shape index (κ3) is 3.20. The molecule has 0 amide bonds. The summed E-state index contributed by atoms with van der Waals surface area (Å²) >= 11 is 0. The fraction of sp³-hybridized carbons (Fsp3) is 0.750. The molecule has 8 heteroatoms. The van der Waals surface area contributed by atoms with Gasteiger partial charge in [-0.05, 0) is 27.3 Å². The fourth-order valence-electron chi connectivity index (χ4n) is 2.17. The number of sulfonamides is 1. The minimum atomic E-state index is -3.57. The zero-order chi connectivity index (χ0) is 14.8. The summed E-state index contributed by atoms with van der Waals surface area (Å²) in [7, 11) is -1.73. The van der Waals surface area contributed by atoms with Crippen molar-refractivity contribution in [2.45, 2.75) is 43.4 Å². The van der Waals surface area contributed by atoms with Crippen LogP contribution in [0.5, 0.6) is 0 Å². The molecule has 0 saturated carbocycles. The first kappa shape index (κ1) is 15.4. The minimum absolute atomic E-state index is 0.142. The van der Waals surface area contributed by atoms with Crippen molar-refractivity contribution in [3.63, 3.8) is 0 Å². The molecule has 2 unspecified atom stereocenters. The Balaban J connectivity index is 2.12. The largest absolute Gasteiger partial charge is 0.376 e. The third-order valence-electron chi connectivity index (χ3n) is 3.76. The molecule has 1 saturated heterocycles. The molecule has 0 radical (unpaired) electrons. The van der Waals surface area contributed by atoms with Gasteiger partial charge in [0.05, 0.1) is 24.4 Å². The summed E-state index contributed by atoms with van der Waals surface area (Å²) in [5.74, 6) is 0. The summed E-state index contributed by atoms with van der Waals surface area (Å²) in [6, 6.07) is 0. The molecule has 1 aliphatic rings. The van der Waals surface area contributed by atoms with Crippen molar-refractivity contribution >= 4 is 10.0 Å². The molecular weight excluding hydrogens is 280 g/mol. The number of nitrogens with zero attached hydrogens (tertiary/aromatic N) is 2. The summed E-state index contributed by atoms with van der Waals surface area (Å²) in [5, 5.41) is 7.05. The van der Waals surface area contributed by atoms with Crippen molar-refractivity contribution in [1.29, 1.82) is 0 Å². The Morgan fingerprint density at radius 3 is 2.95 bits per heavy atom. The van der Waals surface area contributed by atoms with Crippen LogP contribution >= 0.6 is 0 Å². The Morgan fingerprint density at radius 2 is 2.35 bits per heavy atom. The lowest BCUT2D eigenvalue weighted by molar-refractivity contribution is 0.0957. The number of rotatable bonds is 6. The molecule has 1 aromatic heterocycles. The van der Waals surface area contributed by atoms with Crippen LogP contribution in [0.3, 0.4) is 0 Å². The van der Waals surface area contributed by atoms with Gasteiger partial charge in [-0.3, -0.25) is 4.68 Å². The highest BCUT2D eigenvalue weighted by Crippen LogP contribution is 2.27. The maximum Gasteiger partial charge on any atom is 0.244 e. The van der Waals surface area contributed by atoms with Gasteiger partial charge in [0, 0.05) is 19.3 Å². The normalized spacial score (nSPS) is 27.1. The van der Waals surface area contributed by atoms with Gasteiger partial charge in [0.25, 0.3) is 0 Å². The van der Waals surface area contributed by atoms with Gasteiger partial charge in [0.2, 0.25) is 10.0 Å². The highest BCUT2D eigenvalue weighted by atomic mass is 32.2. The van der Waals surface area contributed by atoms with Gasteiger partial charge in [-0.2, -0.15) is 5.10 Å². The highest BCUT2D eigenvalue weighted by Gasteiger charge is 2.40. The molecule has 114 valence electrons.